The number of hydrogen-bond donors (Lipinski definition) is 0. The summed E-state index contributed by atoms with van der Waals surface area (Å²) in [5.74, 6) is -1.21. The van der Waals surface area contributed by atoms with Gasteiger partial charge in [0.2, 0.25) is 0 Å². The maximum Gasteiger partial charge on any atom is 0.346 e. The van der Waals surface area contributed by atoms with Gasteiger partial charge in [-0.2, -0.15) is 0 Å². The fraction of sp³-hybridized carbons (Fsp3) is 0. The van der Waals surface area contributed by atoms with Crippen LogP contribution in [0.25, 0.3) is 12.2 Å². The van der Waals surface area contributed by atoms with E-state index in [1.807, 2.05) is 60.7 Å². The van der Waals surface area contributed by atoms with Crippen LogP contribution in [-0.4, -0.2) is 11.9 Å². The minimum atomic E-state index is -0.606. The quantitative estimate of drug-likeness (QED) is 0.480. The molecule has 102 valence electrons. The van der Waals surface area contributed by atoms with E-state index in [4.69, 9.17) is 4.74 Å². The summed E-state index contributed by atoms with van der Waals surface area (Å²) in [4.78, 5) is 23.7. The molecule has 0 radical (unpaired) electrons. The van der Waals surface area contributed by atoms with Crippen LogP contribution in [0.5, 0.6) is 0 Å². The number of hydrogen-bond acceptors (Lipinski definition) is 3. The van der Waals surface area contributed by atoms with Gasteiger partial charge in [0.05, 0.1) is 11.1 Å². The predicted octanol–water partition coefficient (Wildman–Crippen LogP) is 3.24. The molecule has 0 N–H and O–H groups in total. The first kappa shape index (κ1) is 13.1. The normalized spacial score (nSPS) is 18.3. The molecule has 2 aromatic carbocycles. The number of rotatable bonds is 2. The molecule has 3 nitrogen and oxygen atoms in total. The molecule has 1 heterocycles. The number of carbonyl (C=O) groups excluding carboxylic acids is 2. The van der Waals surface area contributed by atoms with Gasteiger partial charge >= 0.3 is 11.9 Å². The lowest BCUT2D eigenvalue weighted by atomic mass is 10.0. The summed E-state index contributed by atoms with van der Waals surface area (Å²) in [6, 6.07) is 18.7. The minimum Gasteiger partial charge on any atom is -0.386 e. The molecule has 1 aliphatic heterocycles. The summed E-state index contributed by atoms with van der Waals surface area (Å²) in [7, 11) is 0. The maximum absolute atomic E-state index is 11.8. The first-order chi connectivity index (χ1) is 10.2. The third-order valence-corrected chi connectivity index (χ3v) is 3.14. The van der Waals surface area contributed by atoms with Crippen molar-refractivity contribution in [3.8, 4) is 0 Å². The summed E-state index contributed by atoms with van der Waals surface area (Å²) in [6.45, 7) is 0. The number of carbonyl (C=O) groups is 2. The smallest absolute Gasteiger partial charge is 0.346 e. The molecule has 1 fully saturated rings. The Morgan fingerprint density at radius 3 is 1.38 bits per heavy atom. The average Bonchev–Trinajstić information content (AvgIpc) is 2.76. The minimum absolute atomic E-state index is 0.287. The van der Waals surface area contributed by atoms with E-state index in [0.717, 1.165) is 11.1 Å². The lowest BCUT2D eigenvalue weighted by Crippen LogP contribution is -1.97. The second kappa shape index (κ2) is 5.59. The van der Waals surface area contributed by atoms with Gasteiger partial charge in [-0.25, -0.2) is 9.59 Å². The standard InChI is InChI=1S/C18H12O3/c19-17-15(11-13-7-3-1-4-8-13)16(18(20)21-17)12-14-9-5-2-6-10-14/h1-12H. The van der Waals surface area contributed by atoms with Crippen molar-refractivity contribution in [1.82, 2.24) is 0 Å². The molecule has 0 atom stereocenters. The Morgan fingerprint density at radius 1 is 0.619 bits per heavy atom. The molecule has 0 unspecified atom stereocenters. The van der Waals surface area contributed by atoms with Crippen LogP contribution in [0.4, 0.5) is 0 Å². The lowest BCUT2D eigenvalue weighted by Gasteiger charge is -1.97. The maximum atomic E-state index is 11.8. The molecule has 0 bridgehead atoms. The first-order valence-corrected chi connectivity index (χ1v) is 6.54. The Labute approximate surface area is 122 Å². The molecule has 3 rings (SSSR count). The Balaban J connectivity index is 2.05. The van der Waals surface area contributed by atoms with Crippen LogP contribution in [0.3, 0.4) is 0 Å². The first-order valence-electron chi connectivity index (χ1n) is 6.54. The van der Waals surface area contributed by atoms with Crippen LogP contribution in [0.15, 0.2) is 71.8 Å². The summed E-state index contributed by atoms with van der Waals surface area (Å²) in [5, 5.41) is 0. The highest BCUT2D eigenvalue weighted by Gasteiger charge is 2.33. The van der Waals surface area contributed by atoms with E-state index in [1.165, 1.54) is 0 Å². The van der Waals surface area contributed by atoms with Crippen LogP contribution in [0, 0.1) is 0 Å². The molecule has 0 spiro atoms. The topological polar surface area (TPSA) is 43.4 Å². The van der Waals surface area contributed by atoms with E-state index in [9.17, 15) is 9.59 Å². The molecular weight excluding hydrogens is 264 g/mol. The van der Waals surface area contributed by atoms with Crippen LogP contribution >= 0.6 is 0 Å². The van der Waals surface area contributed by atoms with E-state index in [0.29, 0.717) is 0 Å². The Morgan fingerprint density at radius 2 is 1.00 bits per heavy atom. The molecule has 0 saturated carbocycles. The molecule has 21 heavy (non-hydrogen) atoms. The number of benzene rings is 2. The zero-order valence-corrected chi connectivity index (χ0v) is 11.2. The Bertz CT molecular complexity index is 675. The van der Waals surface area contributed by atoms with E-state index in [1.54, 1.807) is 12.2 Å². The largest absolute Gasteiger partial charge is 0.386 e. The van der Waals surface area contributed by atoms with Gasteiger partial charge in [0.15, 0.2) is 0 Å². The predicted molar refractivity (Wildman–Crippen MR) is 79.9 cm³/mol. The fourth-order valence-corrected chi connectivity index (χ4v) is 2.12. The van der Waals surface area contributed by atoms with Gasteiger partial charge in [0.25, 0.3) is 0 Å². The van der Waals surface area contributed by atoms with Crippen molar-refractivity contribution in [3.63, 3.8) is 0 Å². The highest BCUT2D eigenvalue weighted by molar-refractivity contribution is 6.22. The van der Waals surface area contributed by atoms with Crippen molar-refractivity contribution in [2.24, 2.45) is 0 Å². The van der Waals surface area contributed by atoms with Gasteiger partial charge in [0, 0.05) is 0 Å². The van der Waals surface area contributed by atoms with Crippen LogP contribution in [-0.2, 0) is 14.3 Å². The van der Waals surface area contributed by atoms with Crippen molar-refractivity contribution in [2.75, 3.05) is 0 Å². The van der Waals surface area contributed by atoms with Gasteiger partial charge in [-0.3, -0.25) is 0 Å². The third-order valence-electron chi connectivity index (χ3n) is 3.14. The zero-order valence-electron chi connectivity index (χ0n) is 11.2. The highest BCUT2D eigenvalue weighted by Crippen LogP contribution is 2.26. The summed E-state index contributed by atoms with van der Waals surface area (Å²) in [6.07, 6.45) is 3.34. The van der Waals surface area contributed by atoms with Crippen molar-refractivity contribution in [3.05, 3.63) is 82.9 Å². The van der Waals surface area contributed by atoms with Crippen molar-refractivity contribution in [1.29, 1.82) is 0 Å². The lowest BCUT2D eigenvalue weighted by molar-refractivity contribution is -0.149. The molecule has 0 amide bonds. The van der Waals surface area contributed by atoms with E-state index in [-0.39, 0.29) is 11.1 Å². The average molecular weight is 276 g/mol. The van der Waals surface area contributed by atoms with Gasteiger partial charge in [-0.15, -0.1) is 0 Å². The third kappa shape index (κ3) is 2.82. The number of esters is 2. The van der Waals surface area contributed by atoms with E-state index < -0.39 is 11.9 Å². The monoisotopic (exact) mass is 276 g/mol. The molecular formula is C18H12O3. The van der Waals surface area contributed by atoms with Crippen molar-refractivity contribution < 1.29 is 14.3 Å². The highest BCUT2D eigenvalue weighted by atomic mass is 16.6. The van der Waals surface area contributed by atoms with Crippen molar-refractivity contribution >= 4 is 24.1 Å². The molecule has 3 heteroatoms. The summed E-state index contributed by atoms with van der Waals surface area (Å²) in [5.41, 5.74) is 2.27. The number of cyclic esters (lactones) is 2. The van der Waals surface area contributed by atoms with Gasteiger partial charge in [-0.1, -0.05) is 60.7 Å². The molecule has 1 saturated heterocycles. The molecule has 2 aromatic rings. The second-order valence-corrected chi connectivity index (χ2v) is 4.61. The van der Waals surface area contributed by atoms with E-state index in [2.05, 4.69) is 0 Å². The van der Waals surface area contributed by atoms with Gasteiger partial charge < -0.3 is 4.74 Å². The Hall–Kier alpha value is -2.94. The summed E-state index contributed by atoms with van der Waals surface area (Å²) >= 11 is 0. The second-order valence-electron chi connectivity index (χ2n) is 4.61. The fourth-order valence-electron chi connectivity index (χ4n) is 2.12. The summed E-state index contributed by atoms with van der Waals surface area (Å²) < 4.78 is 4.72. The Kier molecular flexibility index (Phi) is 3.48. The number of ether oxygens (including phenoxy) is 1. The van der Waals surface area contributed by atoms with Crippen LogP contribution < -0.4 is 0 Å². The van der Waals surface area contributed by atoms with Crippen LogP contribution in [0.1, 0.15) is 11.1 Å². The molecule has 0 aromatic heterocycles. The van der Waals surface area contributed by atoms with Gasteiger partial charge in [-0.05, 0) is 23.3 Å². The SMILES string of the molecule is O=C1OC(=O)C(=Cc2ccccc2)C1=Cc1ccccc1. The molecule has 0 aliphatic carbocycles. The van der Waals surface area contributed by atoms with Crippen LogP contribution in [0.2, 0.25) is 0 Å². The van der Waals surface area contributed by atoms with E-state index >= 15 is 0 Å². The molecule has 1 aliphatic rings. The zero-order chi connectivity index (χ0) is 14.7. The van der Waals surface area contributed by atoms with Gasteiger partial charge in [0.1, 0.15) is 0 Å². The van der Waals surface area contributed by atoms with Crippen molar-refractivity contribution in [2.45, 2.75) is 0 Å².